The van der Waals surface area contributed by atoms with Gasteiger partial charge in [-0.15, -0.1) is 11.3 Å². The Kier molecular flexibility index (Phi) is 7.74. The maximum absolute atomic E-state index is 12.0. The Balaban J connectivity index is 1.64. The van der Waals surface area contributed by atoms with E-state index in [1.165, 1.54) is 42.6 Å². The van der Waals surface area contributed by atoms with E-state index >= 15 is 0 Å². The minimum absolute atomic E-state index is 0.312. The van der Waals surface area contributed by atoms with Gasteiger partial charge in [0, 0.05) is 26.7 Å². The molecule has 0 bridgehead atoms. The zero-order valence-corrected chi connectivity index (χ0v) is 15.7. The third-order valence-electron chi connectivity index (χ3n) is 3.82. The number of hydrogen-bond donors (Lipinski definition) is 3. The summed E-state index contributed by atoms with van der Waals surface area (Å²) in [4.78, 5) is 4.15. The van der Waals surface area contributed by atoms with E-state index in [0.717, 1.165) is 13.0 Å². The third kappa shape index (κ3) is 6.26. The van der Waals surface area contributed by atoms with Crippen molar-refractivity contribution in [3.63, 3.8) is 0 Å². The van der Waals surface area contributed by atoms with Crippen molar-refractivity contribution in [1.82, 2.24) is 15.4 Å². The summed E-state index contributed by atoms with van der Waals surface area (Å²) < 4.78 is 26.9. The smallest absolute Gasteiger partial charge is 0.250 e. The molecule has 0 atom stereocenters. The highest BCUT2D eigenvalue weighted by atomic mass is 32.2. The lowest BCUT2D eigenvalue weighted by atomic mass is 9.97. The van der Waals surface area contributed by atoms with Crippen LogP contribution in [0.15, 0.2) is 38.4 Å². The topological polar surface area (TPSA) is 82.6 Å². The maximum Gasteiger partial charge on any atom is 0.250 e. The average Bonchev–Trinajstić information content (AvgIpc) is 3.13. The van der Waals surface area contributed by atoms with Crippen LogP contribution in [0.3, 0.4) is 0 Å². The molecular weight excluding hydrogens is 344 g/mol. The van der Waals surface area contributed by atoms with Gasteiger partial charge in [-0.1, -0.05) is 17.7 Å². The molecule has 0 aliphatic heterocycles. The van der Waals surface area contributed by atoms with E-state index in [1.807, 2.05) is 0 Å². The highest BCUT2D eigenvalue weighted by molar-refractivity contribution is 7.91. The number of rotatable bonds is 8. The lowest BCUT2D eigenvalue weighted by Crippen LogP contribution is -2.41. The van der Waals surface area contributed by atoms with Crippen LogP contribution < -0.4 is 15.4 Å². The van der Waals surface area contributed by atoms with Gasteiger partial charge in [0.2, 0.25) is 10.0 Å². The fourth-order valence-corrected chi connectivity index (χ4v) is 4.62. The van der Waals surface area contributed by atoms with Crippen LogP contribution in [0.4, 0.5) is 0 Å². The summed E-state index contributed by atoms with van der Waals surface area (Å²) in [5, 5.41) is 8.14. The zero-order chi connectivity index (χ0) is 17.3. The van der Waals surface area contributed by atoms with Crippen LogP contribution >= 0.6 is 11.3 Å². The molecule has 1 aliphatic carbocycles. The number of nitrogens with one attached hydrogen (secondary N) is 3. The SMILES string of the molecule is CN=C(NCCNS(=O)(=O)c1cccs1)NCCC1=CCCCC1. The molecular formula is C16H26N4O2S2. The van der Waals surface area contributed by atoms with Crippen LogP contribution in [-0.4, -0.2) is 41.1 Å². The molecule has 134 valence electrons. The minimum atomic E-state index is -3.39. The number of aliphatic imine (C=N–C) groups is 1. The summed E-state index contributed by atoms with van der Waals surface area (Å²) in [6.07, 6.45) is 8.39. The second-order valence-corrected chi connectivity index (χ2v) is 8.56. The summed E-state index contributed by atoms with van der Waals surface area (Å²) in [6.45, 7) is 1.63. The Labute approximate surface area is 148 Å². The highest BCUT2D eigenvalue weighted by Crippen LogP contribution is 2.19. The fraction of sp³-hybridized carbons (Fsp3) is 0.562. The standard InChI is InChI=1S/C16H26N4O2S2/c1-17-16(18-10-9-14-6-3-2-4-7-14)19-11-12-20-24(21,22)15-8-5-13-23-15/h5-6,8,13,20H,2-4,7,9-12H2,1H3,(H2,17,18,19). The normalized spacial score (nSPS) is 15.9. The van der Waals surface area contributed by atoms with Gasteiger partial charge in [-0.05, 0) is 43.6 Å². The van der Waals surface area contributed by atoms with Crippen LogP contribution in [0.1, 0.15) is 32.1 Å². The Bertz CT molecular complexity index is 652. The van der Waals surface area contributed by atoms with Crippen molar-refractivity contribution in [3.8, 4) is 0 Å². The van der Waals surface area contributed by atoms with Crippen molar-refractivity contribution in [2.45, 2.75) is 36.3 Å². The summed E-state index contributed by atoms with van der Waals surface area (Å²) in [5.41, 5.74) is 1.52. The number of thiophene rings is 1. The molecule has 0 saturated heterocycles. The maximum atomic E-state index is 12.0. The first-order valence-electron chi connectivity index (χ1n) is 8.27. The molecule has 0 amide bonds. The predicted octanol–water partition coefficient (Wildman–Crippen LogP) is 2.08. The summed E-state index contributed by atoms with van der Waals surface area (Å²) >= 11 is 1.21. The van der Waals surface area contributed by atoms with Crippen LogP contribution in [-0.2, 0) is 10.0 Å². The highest BCUT2D eigenvalue weighted by Gasteiger charge is 2.13. The predicted molar refractivity (Wildman–Crippen MR) is 100 cm³/mol. The molecule has 8 heteroatoms. The molecule has 0 saturated carbocycles. The Morgan fingerprint density at radius 2 is 2.08 bits per heavy atom. The quantitative estimate of drug-likeness (QED) is 0.283. The van der Waals surface area contributed by atoms with Crippen molar-refractivity contribution in [2.24, 2.45) is 4.99 Å². The van der Waals surface area contributed by atoms with Gasteiger partial charge in [0.05, 0.1) is 0 Å². The molecule has 0 spiro atoms. The van der Waals surface area contributed by atoms with E-state index in [9.17, 15) is 8.42 Å². The first kappa shape index (κ1) is 19.0. The molecule has 1 aromatic heterocycles. The molecule has 0 unspecified atom stereocenters. The van der Waals surface area contributed by atoms with E-state index < -0.39 is 10.0 Å². The largest absolute Gasteiger partial charge is 0.356 e. The average molecular weight is 371 g/mol. The summed E-state index contributed by atoms with van der Waals surface area (Å²) in [6, 6.07) is 3.33. The van der Waals surface area contributed by atoms with E-state index in [2.05, 4.69) is 26.4 Å². The van der Waals surface area contributed by atoms with E-state index in [0.29, 0.717) is 23.3 Å². The molecule has 1 heterocycles. The fourth-order valence-electron chi connectivity index (χ4n) is 2.55. The van der Waals surface area contributed by atoms with Crippen molar-refractivity contribution in [3.05, 3.63) is 29.2 Å². The Hall–Kier alpha value is -1.38. The van der Waals surface area contributed by atoms with Crippen molar-refractivity contribution < 1.29 is 8.42 Å². The van der Waals surface area contributed by atoms with E-state index in [1.54, 1.807) is 24.6 Å². The zero-order valence-electron chi connectivity index (χ0n) is 14.0. The molecule has 0 radical (unpaired) electrons. The molecule has 3 N–H and O–H groups in total. The van der Waals surface area contributed by atoms with Crippen LogP contribution in [0, 0.1) is 0 Å². The summed E-state index contributed by atoms with van der Waals surface area (Å²) in [7, 11) is -1.68. The monoisotopic (exact) mass is 370 g/mol. The van der Waals surface area contributed by atoms with Crippen LogP contribution in [0.2, 0.25) is 0 Å². The van der Waals surface area contributed by atoms with Gasteiger partial charge in [-0.3, -0.25) is 4.99 Å². The van der Waals surface area contributed by atoms with Crippen LogP contribution in [0.5, 0.6) is 0 Å². The van der Waals surface area contributed by atoms with Gasteiger partial charge in [0.25, 0.3) is 0 Å². The second kappa shape index (κ2) is 9.80. The Morgan fingerprint density at radius 3 is 2.75 bits per heavy atom. The number of sulfonamides is 1. The third-order valence-corrected chi connectivity index (χ3v) is 6.68. The van der Waals surface area contributed by atoms with Gasteiger partial charge in [0.15, 0.2) is 5.96 Å². The number of hydrogen-bond acceptors (Lipinski definition) is 4. The first-order chi connectivity index (χ1) is 11.6. The molecule has 1 aromatic rings. The van der Waals surface area contributed by atoms with Crippen molar-refractivity contribution in [2.75, 3.05) is 26.7 Å². The number of allylic oxidation sites excluding steroid dienone is 1. The molecule has 2 rings (SSSR count). The molecule has 1 aliphatic rings. The van der Waals surface area contributed by atoms with Gasteiger partial charge in [0.1, 0.15) is 4.21 Å². The lowest BCUT2D eigenvalue weighted by molar-refractivity contribution is 0.582. The van der Waals surface area contributed by atoms with Gasteiger partial charge < -0.3 is 10.6 Å². The number of guanidine groups is 1. The van der Waals surface area contributed by atoms with E-state index in [4.69, 9.17) is 0 Å². The Morgan fingerprint density at radius 1 is 1.25 bits per heavy atom. The second-order valence-electron chi connectivity index (χ2n) is 5.61. The summed E-state index contributed by atoms with van der Waals surface area (Å²) in [5.74, 6) is 0.696. The van der Waals surface area contributed by atoms with Gasteiger partial charge in [-0.2, -0.15) is 0 Å². The minimum Gasteiger partial charge on any atom is -0.356 e. The van der Waals surface area contributed by atoms with Gasteiger partial charge in [-0.25, -0.2) is 13.1 Å². The van der Waals surface area contributed by atoms with Crippen molar-refractivity contribution in [1.29, 1.82) is 0 Å². The lowest BCUT2D eigenvalue weighted by Gasteiger charge is -2.15. The van der Waals surface area contributed by atoms with Gasteiger partial charge >= 0.3 is 0 Å². The molecule has 24 heavy (non-hydrogen) atoms. The van der Waals surface area contributed by atoms with E-state index in [-0.39, 0.29) is 0 Å². The molecule has 6 nitrogen and oxygen atoms in total. The van der Waals surface area contributed by atoms with Crippen LogP contribution in [0.25, 0.3) is 0 Å². The molecule has 0 aromatic carbocycles. The first-order valence-corrected chi connectivity index (χ1v) is 10.6. The molecule has 0 fully saturated rings. The van der Waals surface area contributed by atoms with Crippen molar-refractivity contribution >= 4 is 27.3 Å². The number of nitrogens with zero attached hydrogens (tertiary/aromatic N) is 1.